The Labute approximate surface area is 332 Å². The summed E-state index contributed by atoms with van der Waals surface area (Å²) in [5.41, 5.74) is 0. The second-order valence-corrected chi connectivity index (χ2v) is 17.1. The van der Waals surface area contributed by atoms with Crippen molar-refractivity contribution in [3.63, 3.8) is 0 Å². The highest BCUT2D eigenvalue weighted by Crippen LogP contribution is 2.18. The van der Waals surface area contributed by atoms with E-state index in [1.165, 1.54) is 218 Å². The smallest absolute Gasteiger partial charge is 0.222 e. The third-order valence-corrected chi connectivity index (χ3v) is 11.7. The van der Waals surface area contributed by atoms with Gasteiger partial charge in [0.2, 0.25) is 5.91 Å². The molecular formula is C48H97NO4. The molecular weight excluding hydrogens is 655 g/mol. The topological polar surface area (TPSA) is 89.8 Å². The predicted molar refractivity (Wildman–Crippen MR) is 232 cm³/mol. The fraction of sp³-hybridized carbons (Fsp3) is 0.979. The Bertz CT molecular complexity index is 703. The number of nitrogens with one attached hydrogen (secondary N) is 1. The quantitative estimate of drug-likeness (QED) is 0.0466. The van der Waals surface area contributed by atoms with Gasteiger partial charge in [0.15, 0.2) is 0 Å². The van der Waals surface area contributed by atoms with E-state index in [1.54, 1.807) is 0 Å². The minimum Gasteiger partial charge on any atom is -0.394 e. The molecule has 4 N–H and O–H groups in total. The largest absolute Gasteiger partial charge is 0.394 e. The van der Waals surface area contributed by atoms with Gasteiger partial charge in [0.1, 0.15) is 0 Å². The molecule has 0 spiro atoms. The summed E-state index contributed by atoms with van der Waals surface area (Å²) in [4.78, 5) is 12.5. The minimum atomic E-state index is -0.744. The van der Waals surface area contributed by atoms with E-state index in [1.807, 2.05) is 0 Å². The van der Waals surface area contributed by atoms with Gasteiger partial charge >= 0.3 is 0 Å². The first-order chi connectivity index (χ1) is 26.0. The van der Waals surface area contributed by atoms with E-state index in [-0.39, 0.29) is 18.9 Å². The zero-order valence-electron chi connectivity index (χ0n) is 36.2. The van der Waals surface area contributed by atoms with Crippen LogP contribution in [0, 0.1) is 0 Å². The third kappa shape index (κ3) is 40.8. The second kappa shape index (κ2) is 44.1. The van der Waals surface area contributed by atoms with E-state index in [0.717, 1.165) is 25.7 Å². The molecule has 3 unspecified atom stereocenters. The van der Waals surface area contributed by atoms with Crippen molar-refractivity contribution in [1.29, 1.82) is 0 Å². The van der Waals surface area contributed by atoms with E-state index in [4.69, 9.17) is 0 Å². The number of aliphatic hydroxyl groups excluding tert-OH is 3. The van der Waals surface area contributed by atoms with E-state index < -0.39 is 18.2 Å². The summed E-state index contributed by atoms with van der Waals surface area (Å²) in [7, 11) is 0. The van der Waals surface area contributed by atoms with Crippen molar-refractivity contribution in [3.8, 4) is 0 Å². The molecule has 0 aliphatic heterocycles. The highest BCUT2D eigenvalue weighted by Gasteiger charge is 2.21. The monoisotopic (exact) mass is 752 g/mol. The Balaban J connectivity index is 3.52. The van der Waals surface area contributed by atoms with E-state index in [2.05, 4.69) is 19.2 Å². The van der Waals surface area contributed by atoms with Crippen LogP contribution < -0.4 is 5.32 Å². The van der Waals surface area contributed by atoms with Gasteiger partial charge in [0.25, 0.3) is 0 Å². The van der Waals surface area contributed by atoms with Gasteiger partial charge in [-0.2, -0.15) is 0 Å². The van der Waals surface area contributed by atoms with Crippen LogP contribution in [0.2, 0.25) is 0 Å². The minimum absolute atomic E-state index is 0.0428. The summed E-state index contributed by atoms with van der Waals surface area (Å²) >= 11 is 0. The number of unbranched alkanes of at least 4 members (excludes halogenated alkanes) is 36. The van der Waals surface area contributed by atoms with Gasteiger partial charge < -0.3 is 20.6 Å². The van der Waals surface area contributed by atoms with Crippen LogP contribution in [0.25, 0.3) is 0 Å². The molecule has 53 heavy (non-hydrogen) atoms. The molecule has 0 aromatic rings. The molecule has 1 amide bonds. The van der Waals surface area contributed by atoms with Crippen LogP contribution in [0.1, 0.15) is 277 Å². The lowest BCUT2D eigenvalue weighted by molar-refractivity contribution is -0.125. The van der Waals surface area contributed by atoms with Crippen molar-refractivity contribution in [3.05, 3.63) is 0 Å². The molecule has 0 bridgehead atoms. The number of amides is 1. The zero-order valence-corrected chi connectivity index (χ0v) is 36.2. The first-order valence-corrected chi connectivity index (χ1v) is 24.3. The molecule has 0 heterocycles. The Hall–Kier alpha value is -0.650. The maximum atomic E-state index is 12.5. The molecule has 0 aliphatic rings. The molecule has 0 radical (unpaired) electrons. The molecule has 318 valence electrons. The standard InChI is InChI=1S/C48H97NO4/c1-3-5-7-9-11-13-15-17-19-20-21-22-23-24-25-26-27-28-30-32-34-36-38-40-42-47(52)46(44-50)49-48(53)43-45(51)41-39-37-35-33-31-29-18-16-14-12-10-8-6-4-2/h45-47,50-52H,3-44H2,1-2H3,(H,49,53). The molecule has 0 saturated carbocycles. The summed E-state index contributed by atoms with van der Waals surface area (Å²) < 4.78 is 0. The average molecular weight is 752 g/mol. The van der Waals surface area contributed by atoms with Crippen LogP contribution in [0.3, 0.4) is 0 Å². The van der Waals surface area contributed by atoms with Gasteiger partial charge in [-0.3, -0.25) is 4.79 Å². The fourth-order valence-corrected chi connectivity index (χ4v) is 7.94. The van der Waals surface area contributed by atoms with Gasteiger partial charge in [-0.25, -0.2) is 0 Å². The SMILES string of the molecule is CCCCCCCCCCCCCCCCCCCCCCCCCCC(O)C(CO)NC(=O)CC(O)CCCCCCCCCCCCCCCC. The molecule has 0 fully saturated rings. The van der Waals surface area contributed by atoms with Crippen LogP contribution in [-0.2, 0) is 4.79 Å². The maximum Gasteiger partial charge on any atom is 0.222 e. The van der Waals surface area contributed by atoms with Gasteiger partial charge in [0, 0.05) is 0 Å². The van der Waals surface area contributed by atoms with E-state index >= 15 is 0 Å². The molecule has 5 nitrogen and oxygen atoms in total. The predicted octanol–water partition coefficient (Wildman–Crippen LogP) is 14.2. The number of carbonyl (C=O) groups is 1. The molecule has 3 atom stereocenters. The highest BCUT2D eigenvalue weighted by molar-refractivity contribution is 5.76. The Morgan fingerprint density at radius 2 is 0.642 bits per heavy atom. The van der Waals surface area contributed by atoms with E-state index in [0.29, 0.717) is 12.8 Å². The van der Waals surface area contributed by atoms with Crippen molar-refractivity contribution in [2.45, 2.75) is 295 Å². The third-order valence-electron chi connectivity index (χ3n) is 11.7. The summed E-state index contributed by atoms with van der Waals surface area (Å²) in [6.07, 6.45) is 50.9. The number of hydrogen-bond donors (Lipinski definition) is 4. The molecule has 0 saturated heterocycles. The van der Waals surface area contributed by atoms with Crippen LogP contribution in [0.5, 0.6) is 0 Å². The zero-order chi connectivity index (χ0) is 38.7. The lowest BCUT2D eigenvalue weighted by Crippen LogP contribution is -2.46. The molecule has 0 rings (SSSR count). The summed E-state index contributed by atoms with van der Waals surface area (Å²) in [6.45, 7) is 4.29. The highest BCUT2D eigenvalue weighted by atomic mass is 16.3. The van der Waals surface area contributed by atoms with E-state index in [9.17, 15) is 20.1 Å². The van der Waals surface area contributed by atoms with Crippen molar-refractivity contribution in [2.75, 3.05) is 6.61 Å². The lowest BCUT2D eigenvalue weighted by atomic mass is 10.0. The van der Waals surface area contributed by atoms with Gasteiger partial charge in [0.05, 0.1) is 31.3 Å². The first kappa shape index (κ1) is 52.3. The van der Waals surface area contributed by atoms with Crippen LogP contribution in [0.4, 0.5) is 0 Å². The average Bonchev–Trinajstić information content (AvgIpc) is 3.15. The van der Waals surface area contributed by atoms with Crippen LogP contribution in [-0.4, -0.2) is 46.1 Å². The van der Waals surface area contributed by atoms with Crippen LogP contribution >= 0.6 is 0 Å². The Kier molecular flexibility index (Phi) is 43.5. The van der Waals surface area contributed by atoms with Gasteiger partial charge in [-0.15, -0.1) is 0 Å². The van der Waals surface area contributed by atoms with Crippen molar-refractivity contribution >= 4 is 5.91 Å². The normalized spacial score (nSPS) is 13.4. The number of rotatable bonds is 45. The number of hydrogen-bond acceptors (Lipinski definition) is 4. The number of aliphatic hydroxyl groups is 3. The Morgan fingerprint density at radius 3 is 0.906 bits per heavy atom. The maximum absolute atomic E-state index is 12.5. The lowest BCUT2D eigenvalue weighted by Gasteiger charge is -2.23. The summed E-state index contributed by atoms with van der Waals surface area (Å²) in [5, 5.41) is 33.5. The number of carbonyl (C=O) groups excluding carboxylic acids is 1. The molecule has 0 aliphatic carbocycles. The van der Waals surface area contributed by atoms with Gasteiger partial charge in [-0.1, -0.05) is 258 Å². The molecule has 0 aromatic heterocycles. The van der Waals surface area contributed by atoms with Gasteiger partial charge in [-0.05, 0) is 12.8 Å². The van der Waals surface area contributed by atoms with Crippen LogP contribution in [0.15, 0.2) is 0 Å². The first-order valence-electron chi connectivity index (χ1n) is 24.3. The molecule has 0 aromatic carbocycles. The van der Waals surface area contributed by atoms with Crippen molar-refractivity contribution in [1.82, 2.24) is 5.32 Å². The van der Waals surface area contributed by atoms with Crippen molar-refractivity contribution in [2.24, 2.45) is 0 Å². The molecule has 5 heteroatoms. The summed E-state index contributed by atoms with van der Waals surface area (Å²) in [5.74, 6) is -0.277. The van der Waals surface area contributed by atoms with Crippen molar-refractivity contribution < 1.29 is 20.1 Å². The fourth-order valence-electron chi connectivity index (χ4n) is 7.94. The summed E-state index contributed by atoms with van der Waals surface area (Å²) in [6, 6.07) is -0.653. The second-order valence-electron chi connectivity index (χ2n) is 17.1. The Morgan fingerprint density at radius 1 is 0.396 bits per heavy atom.